The number of benzene rings is 2. The average Bonchev–Trinajstić information content (AvgIpc) is 3.40. The first-order chi connectivity index (χ1) is 16.4. The quantitative estimate of drug-likeness (QED) is 0.680. The van der Waals surface area contributed by atoms with Gasteiger partial charge in [0, 0.05) is 43.6 Å². The summed E-state index contributed by atoms with van der Waals surface area (Å²) in [7, 11) is 1.67. The number of carbonyl (C=O) groups excluding carboxylic acids is 4. The standard InChI is InChI=1S/C25H26N4O5/c1-14(34-2)17-4-3-5-20-19(17)10-11-28(20)25(33)26-16-6-7-18-15(12-16)13-29(24(18)32)21-8-9-22(30)27-23(21)31/h3-7,12,14,21H,8-11,13H2,1-2H3,(H,26,33)(H,27,30,31). The van der Waals surface area contributed by atoms with Crippen molar-refractivity contribution in [2.45, 2.75) is 44.9 Å². The highest BCUT2D eigenvalue weighted by atomic mass is 16.5. The van der Waals surface area contributed by atoms with Gasteiger partial charge in [0.25, 0.3) is 5.91 Å². The molecule has 0 radical (unpaired) electrons. The first kappa shape index (κ1) is 22.1. The van der Waals surface area contributed by atoms with Crippen LogP contribution in [-0.4, -0.2) is 48.3 Å². The molecule has 2 aromatic rings. The number of nitrogens with one attached hydrogen (secondary N) is 2. The van der Waals surface area contributed by atoms with E-state index in [1.165, 1.54) is 4.90 Å². The zero-order chi connectivity index (χ0) is 24.0. The number of urea groups is 1. The van der Waals surface area contributed by atoms with Crippen molar-refractivity contribution in [1.29, 1.82) is 0 Å². The summed E-state index contributed by atoms with van der Waals surface area (Å²) in [6.07, 6.45) is 1.22. The number of amides is 5. The molecule has 34 heavy (non-hydrogen) atoms. The van der Waals surface area contributed by atoms with Gasteiger partial charge in [-0.3, -0.25) is 24.6 Å². The summed E-state index contributed by atoms with van der Waals surface area (Å²) in [6.45, 7) is 2.82. The molecule has 5 amide bonds. The Hall–Kier alpha value is -3.72. The molecule has 0 aliphatic carbocycles. The molecule has 2 aromatic carbocycles. The fourth-order valence-corrected chi connectivity index (χ4v) is 5.02. The largest absolute Gasteiger partial charge is 0.377 e. The number of rotatable bonds is 4. The van der Waals surface area contributed by atoms with Gasteiger partial charge >= 0.3 is 6.03 Å². The molecule has 3 heterocycles. The van der Waals surface area contributed by atoms with Crippen LogP contribution in [-0.2, 0) is 27.3 Å². The van der Waals surface area contributed by atoms with E-state index in [2.05, 4.69) is 10.6 Å². The zero-order valence-corrected chi connectivity index (χ0v) is 19.1. The number of methoxy groups -OCH3 is 1. The lowest BCUT2D eigenvalue weighted by molar-refractivity contribution is -0.136. The minimum atomic E-state index is -0.666. The maximum atomic E-state index is 13.1. The molecule has 2 N–H and O–H groups in total. The second-order valence-corrected chi connectivity index (χ2v) is 8.83. The highest BCUT2D eigenvalue weighted by Gasteiger charge is 2.39. The van der Waals surface area contributed by atoms with Gasteiger partial charge in [-0.05, 0) is 60.7 Å². The number of hydrogen-bond donors (Lipinski definition) is 2. The SMILES string of the molecule is COC(C)c1cccc2c1CCN2C(=O)Nc1ccc2c(c1)CN(C1CCC(=O)NC1=O)C2=O. The smallest absolute Gasteiger partial charge is 0.326 e. The Morgan fingerprint density at radius 3 is 2.76 bits per heavy atom. The first-order valence-corrected chi connectivity index (χ1v) is 11.4. The Bertz CT molecular complexity index is 1210. The number of fused-ring (bicyclic) bond motifs is 2. The molecule has 2 unspecified atom stereocenters. The molecular weight excluding hydrogens is 436 g/mol. The summed E-state index contributed by atoms with van der Waals surface area (Å²) in [5, 5.41) is 5.25. The molecule has 1 fully saturated rings. The molecule has 1 saturated heterocycles. The molecule has 3 aliphatic rings. The van der Waals surface area contributed by atoms with E-state index in [1.807, 2.05) is 25.1 Å². The van der Waals surface area contributed by atoms with Gasteiger partial charge in [-0.15, -0.1) is 0 Å². The number of nitrogens with zero attached hydrogens (tertiary/aromatic N) is 2. The molecule has 0 aromatic heterocycles. The molecular formula is C25H26N4O5. The second-order valence-electron chi connectivity index (χ2n) is 8.83. The Morgan fingerprint density at radius 1 is 1.18 bits per heavy atom. The van der Waals surface area contributed by atoms with Crippen LogP contribution in [0.25, 0.3) is 0 Å². The van der Waals surface area contributed by atoms with Crippen LogP contribution in [0.2, 0.25) is 0 Å². The van der Waals surface area contributed by atoms with Crippen molar-refractivity contribution < 1.29 is 23.9 Å². The molecule has 176 valence electrons. The molecule has 3 aliphatic heterocycles. The molecule has 0 saturated carbocycles. The summed E-state index contributed by atoms with van der Waals surface area (Å²) in [4.78, 5) is 52.9. The van der Waals surface area contributed by atoms with Crippen LogP contribution in [0, 0.1) is 0 Å². The summed E-state index contributed by atoms with van der Waals surface area (Å²) in [6, 6.07) is 10.1. The second kappa shape index (κ2) is 8.57. The van der Waals surface area contributed by atoms with E-state index in [4.69, 9.17) is 4.74 Å². The lowest BCUT2D eigenvalue weighted by Crippen LogP contribution is -2.52. The number of anilines is 2. The van der Waals surface area contributed by atoms with Crippen molar-refractivity contribution in [3.63, 3.8) is 0 Å². The lowest BCUT2D eigenvalue weighted by Gasteiger charge is -2.29. The van der Waals surface area contributed by atoms with Gasteiger partial charge in [-0.2, -0.15) is 0 Å². The molecule has 2 atom stereocenters. The highest BCUT2D eigenvalue weighted by molar-refractivity contribution is 6.06. The Kier molecular flexibility index (Phi) is 5.57. The highest BCUT2D eigenvalue weighted by Crippen LogP contribution is 2.35. The monoisotopic (exact) mass is 462 g/mol. The summed E-state index contributed by atoms with van der Waals surface area (Å²) < 4.78 is 5.48. The van der Waals surface area contributed by atoms with Crippen molar-refractivity contribution in [2.24, 2.45) is 0 Å². The average molecular weight is 463 g/mol. The Balaban J connectivity index is 1.31. The molecule has 9 heteroatoms. The van der Waals surface area contributed by atoms with Crippen LogP contribution in [0.4, 0.5) is 16.2 Å². The van der Waals surface area contributed by atoms with Gasteiger partial charge < -0.3 is 15.0 Å². The number of hydrogen-bond acceptors (Lipinski definition) is 5. The van der Waals surface area contributed by atoms with Crippen molar-refractivity contribution in [3.05, 3.63) is 58.7 Å². The molecule has 5 rings (SSSR count). The summed E-state index contributed by atoms with van der Waals surface area (Å²) in [5.41, 5.74) is 4.90. The van der Waals surface area contributed by atoms with Gasteiger partial charge in [0.2, 0.25) is 11.8 Å². The van der Waals surface area contributed by atoms with E-state index in [1.54, 1.807) is 30.2 Å². The number of imide groups is 1. The number of ether oxygens (including phenoxy) is 1. The van der Waals surface area contributed by atoms with E-state index in [0.717, 1.165) is 28.8 Å². The van der Waals surface area contributed by atoms with E-state index in [0.29, 0.717) is 24.2 Å². The Morgan fingerprint density at radius 2 is 2.00 bits per heavy atom. The third kappa shape index (κ3) is 3.71. The van der Waals surface area contributed by atoms with Gasteiger partial charge in [-0.1, -0.05) is 12.1 Å². The fraction of sp³-hybridized carbons (Fsp3) is 0.360. The minimum absolute atomic E-state index is 0.0560. The van der Waals surface area contributed by atoms with E-state index in [9.17, 15) is 19.2 Å². The molecule has 0 spiro atoms. The van der Waals surface area contributed by atoms with Crippen LogP contribution in [0.15, 0.2) is 36.4 Å². The number of carbonyl (C=O) groups is 4. The van der Waals surface area contributed by atoms with Gasteiger partial charge in [0.15, 0.2) is 0 Å². The summed E-state index contributed by atoms with van der Waals surface area (Å²) >= 11 is 0. The maximum Gasteiger partial charge on any atom is 0.326 e. The first-order valence-electron chi connectivity index (χ1n) is 11.4. The lowest BCUT2D eigenvalue weighted by atomic mass is 10.0. The van der Waals surface area contributed by atoms with Crippen molar-refractivity contribution >= 4 is 35.1 Å². The van der Waals surface area contributed by atoms with Crippen LogP contribution in [0.5, 0.6) is 0 Å². The van der Waals surface area contributed by atoms with E-state index >= 15 is 0 Å². The van der Waals surface area contributed by atoms with Gasteiger partial charge in [-0.25, -0.2) is 4.79 Å². The van der Waals surface area contributed by atoms with Crippen molar-refractivity contribution in [3.8, 4) is 0 Å². The molecule has 9 nitrogen and oxygen atoms in total. The van der Waals surface area contributed by atoms with Crippen LogP contribution in [0.1, 0.15) is 52.9 Å². The Labute approximate surface area is 197 Å². The van der Waals surface area contributed by atoms with Gasteiger partial charge in [0.05, 0.1) is 6.10 Å². The molecule has 0 bridgehead atoms. The van der Waals surface area contributed by atoms with E-state index in [-0.39, 0.29) is 36.9 Å². The van der Waals surface area contributed by atoms with Crippen molar-refractivity contribution in [1.82, 2.24) is 10.2 Å². The van der Waals surface area contributed by atoms with Crippen LogP contribution in [0.3, 0.4) is 0 Å². The van der Waals surface area contributed by atoms with Crippen LogP contribution >= 0.6 is 0 Å². The topological polar surface area (TPSA) is 108 Å². The van der Waals surface area contributed by atoms with Gasteiger partial charge in [0.1, 0.15) is 6.04 Å². The number of piperidine rings is 1. The summed E-state index contributed by atoms with van der Waals surface area (Å²) in [5.74, 6) is -1.00. The zero-order valence-electron chi connectivity index (χ0n) is 19.1. The third-order valence-electron chi connectivity index (χ3n) is 6.88. The van der Waals surface area contributed by atoms with Crippen molar-refractivity contribution in [2.75, 3.05) is 23.9 Å². The van der Waals surface area contributed by atoms with Crippen LogP contribution < -0.4 is 15.5 Å². The third-order valence-corrected chi connectivity index (χ3v) is 6.88. The predicted octanol–water partition coefficient (Wildman–Crippen LogP) is 2.75. The minimum Gasteiger partial charge on any atom is -0.377 e. The predicted molar refractivity (Wildman–Crippen MR) is 124 cm³/mol. The fourth-order valence-electron chi connectivity index (χ4n) is 5.02. The normalized spacial score (nSPS) is 20.2. The van der Waals surface area contributed by atoms with E-state index < -0.39 is 11.9 Å². The maximum absolute atomic E-state index is 13.1.